The quantitative estimate of drug-likeness (QED) is 0.933. The zero-order valence-electron chi connectivity index (χ0n) is 14.4. The molecule has 0 aliphatic carbocycles. The van der Waals surface area contributed by atoms with Crippen molar-refractivity contribution in [3.63, 3.8) is 0 Å². The molecule has 0 aromatic carbocycles. The summed E-state index contributed by atoms with van der Waals surface area (Å²) in [5, 5.41) is 2.94. The third-order valence-electron chi connectivity index (χ3n) is 4.39. The highest BCUT2D eigenvalue weighted by atomic mass is 16.5. The van der Waals surface area contributed by atoms with E-state index in [9.17, 15) is 4.79 Å². The fourth-order valence-corrected chi connectivity index (χ4v) is 2.90. The summed E-state index contributed by atoms with van der Waals surface area (Å²) in [5.41, 5.74) is 2.49. The van der Waals surface area contributed by atoms with Gasteiger partial charge in [-0.05, 0) is 32.4 Å². The van der Waals surface area contributed by atoms with Crippen molar-refractivity contribution in [1.29, 1.82) is 0 Å². The summed E-state index contributed by atoms with van der Waals surface area (Å²) in [7, 11) is 0. The van der Waals surface area contributed by atoms with Gasteiger partial charge >= 0.3 is 0 Å². The van der Waals surface area contributed by atoms with Crippen LogP contribution in [0.5, 0.6) is 0 Å². The van der Waals surface area contributed by atoms with Crippen LogP contribution in [0.1, 0.15) is 33.0 Å². The van der Waals surface area contributed by atoms with Crippen LogP contribution in [0, 0.1) is 20.8 Å². The summed E-state index contributed by atoms with van der Waals surface area (Å²) >= 11 is 0. The number of carbonyl (C=O) groups is 1. The number of aryl methyl sites for hydroxylation is 2. The van der Waals surface area contributed by atoms with E-state index in [0.29, 0.717) is 17.9 Å². The van der Waals surface area contributed by atoms with Crippen molar-refractivity contribution >= 4 is 11.7 Å². The molecule has 1 aliphatic rings. The Bertz CT molecular complexity index is 716. The number of hydrogen-bond acceptors (Lipinski definition) is 5. The molecule has 3 rings (SSSR count). The molecule has 1 fully saturated rings. The van der Waals surface area contributed by atoms with Gasteiger partial charge in [-0.25, -0.2) is 4.98 Å². The van der Waals surface area contributed by atoms with Gasteiger partial charge in [-0.15, -0.1) is 0 Å². The van der Waals surface area contributed by atoms with Crippen molar-refractivity contribution in [3.8, 4) is 0 Å². The number of aromatic nitrogens is 1. The van der Waals surface area contributed by atoms with Crippen molar-refractivity contribution in [2.45, 2.75) is 27.3 Å². The molecule has 0 radical (unpaired) electrons. The first-order valence-corrected chi connectivity index (χ1v) is 8.18. The molecule has 0 bridgehead atoms. The van der Waals surface area contributed by atoms with Gasteiger partial charge in [0.15, 0.2) is 0 Å². The summed E-state index contributed by atoms with van der Waals surface area (Å²) in [6.45, 7) is 9.23. The first kappa shape index (κ1) is 16.5. The Morgan fingerprint density at radius 1 is 1.21 bits per heavy atom. The van der Waals surface area contributed by atoms with Gasteiger partial charge in [-0.1, -0.05) is 6.07 Å². The van der Waals surface area contributed by atoms with Gasteiger partial charge in [-0.3, -0.25) is 4.79 Å². The normalized spacial score (nSPS) is 14.7. The maximum absolute atomic E-state index is 12.4. The van der Waals surface area contributed by atoms with Gasteiger partial charge in [-0.2, -0.15) is 0 Å². The molecule has 0 atom stereocenters. The Kier molecular flexibility index (Phi) is 4.85. The molecule has 6 heteroatoms. The van der Waals surface area contributed by atoms with E-state index in [1.165, 1.54) is 0 Å². The average molecular weight is 329 g/mol. The molecule has 3 heterocycles. The maximum Gasteiger partial charge on any atom is 0.255 e. The summed E-state index contributed by atoms with van der Waals surface area (Å²) in [6, 6.07) is 3.99. The zero-order valence-corrected chi connectivity index (χ0v) is 14.4. The van der Waals surface area contributed by atoms with E-state index in [2.05, 4.69) is 15.2 Å². The summed E-state index contributed by atoms with van der Waals surface area (Å²) in [4.78, 5) is 19.1. The Hall–Kier alpha value is -2.34. The topological polar surface area (TPSA) is 67.6 Å². The third kappa shape index (κ3) is 3.43. The SMILES string of the molecule is Cc1oc(C)c(C(=O)NCc2ccc(N3CCOCC3)nc2)c1C. The van der Waals surface area contributed by atoms with Crippen LogP contribution in [0.25, 0.3) is 0 Å². The van der Waals surface area contributed by atoms with E-state index >= 15 is 0 Å². The lowest BCUT2D eigenvalue weighted by Gasteiger charge is -2.27. The van der Waals surface area contributed by atoms with E-state index in [-0.39, 0.29) is 5.91 Å². The van der Waals surface area contributed by atoms with Gasteiger partial charge in [0.1, 0.15) is 17.3 Å². The number of rotatable bonds is 4. The van der Waals surface area contributed by atoms with Crippen LogP contribution in [0.2, 0.25) is 0 Å². The summed E-state index contributed by atoms with van der Waals surface area (Å²) in [5.74, 6) is 2.28. The highest BCUT2D eigenvalue weighted by Gasteiger charge is 2.18. The van der Waals surface area contributed by atoms with Gasteiger partial charge < -0.3 is 19.4 Å². The monoisotopic (exact) mass is 329 g/mol. The minimum absolute atomic E-state index is 0.112. The van der Waals surface area contributed by atoms with E-state index in [1.54, 1.807) is 0 Å². The second kappa shape index (κ2) is 7.05. The number of carbonyl (C=O) groups excluding carboxylic acids is 1. The standard InChI is InChI=1S/C18H23N3O3/c1-12-13(2)24-14(3)17(12)18(22)20-11-15-4-5-16(19-10-15)21-6-8-23-9-7-21/h4-5,10H,6-9,11H2,1-3H3,(H,20,22). The van der Waals surface area contributed by atoms with E-state index in [1.807, 2.05) is 39.1 Å². The highest BCUT2D eigenvalue weighted by Crippen LogP contribution is 2.20. The minimum atomic E-state index is -0.112. The first-order chi connectivity index (χ1) is 11.6. The molecule has 0 spiro atoms. The molecular weight excluding hydrogens is 306 g/mol. The molecule has 1 amide bonds. The highest BCUT2D eigenvalue weighted by molar-refractivity contribution is 5.96. The lowest BCUT2D eigenvalue weighted by molar-refractivity contribution is 0.0949. The number of pyridine rings is 1. The molecule has 1 aliphatic heterocycles. The van der Waals surface area contributed by atoms with Crippen molar-refractivity contribution < 1.29 is 13.9 Å². The molecule has 6 nitrogen and oxygen atoms in total. The number of nitrogens with zero attached hydrogens (tertiary/aromatic N) is 2. The molecule has 0 unspecified atom stereocenters. The van der Waals surface area contributed by atoms with Crippen LogP contribution in [0.4, 0.5) is 5.82 Å². The Balaban J connectivity index is 1.61. The van der Waals surface area contributed by atoms with Crippen LogP contribution in [0.3, 0.4) is 0 Å². The number of furan rings is 1. The molecular formula is C18H23N3O3. The van der Waals surface area contributed by atoms with Crippen molar-refractivity contribution in [2.75, 3.05) is 31.2 Å². The maximum atomic E-state index is 12.4. The van der Waals surface area contributed by atoms with Crippen LogP contribution in [0.15, 0.2) is 22.7 Å². The molecule has 2 aromatic rings. The average Bonchev–Trinajstić information content (AvgIpc) is 2.86. The Labute approximate surface area is 141 Å². The van der Waals surface area contributed by atoms with E-state index in [4.69, 9.17) is 9.15 Å². The van der Waals surface area contributed by atoms with Crippen molar-refractivity contribution in [2.24, 2.45) is 0 Å². The predicted molar refractivity (Wildman–Crippen MR) is 91.4 cm³/mol. The number of morpholine rings is 1. The van der Waals surface area contributed by atoms with E-state index < -0.39 is 0 Å². The number of anilines is 1. The van der Waals surface area contributed by atoms with Crippen LogP contribution >= 0.6 is 0 Å². The Morgan fingerprint density at radius 2 is 1.96 bits per heavy atom. The number of amides is 1. The molecule has 1 saturated heterocycles. The van der Waals surface area contributed by atoms with Crippen molar-refractivity contribution in [1.82, 2.24) is 10.3 Å². The van der Waals surface area contributed by atoms with Crippen LogP contribution in [-0.4, -0.2) is 37.2 Å². The molecule has 0 saturated carbocycles. The van der Waals surface area contributed by atoms with Crippen LogP contribution < -0.4 is 10.2 Å². The number of hydrogen-bond donors (Lipinski definition) is 1. The van der Waals surface area contributed by atoms with E-state index in [0.717, 1.165) is 49.0 Å². The van der Waals surface area contributed by atoms with Crippen molar-refractivity contribution in [3.05, 3.63) is 46.5 Å². The van der Waals surface area contributed by atoms with Crippen LogP contribution in [-0.2, 0) is 11.3 Å². The largest absolute Gasteiger partial charge is 0.466 e. The lowest BCUT2D eigenvalue weighted by atomic mass is 10.1. The molecule has 1 N–H and O–H groups in total. The molecule has 24 heavy (non-hydrogen) atoms. The second-order valence-corrected chi connectivity index (χ2v) is 6.02. The van der Waals surface area contributed by atoms with Gasteiger partial charge in [0.05, 0.1) is 18.8 Å². The fraction of sp³-hybridized carbons (Fsp3) is 0.444. The number of nitrogens with one attached hydrogen (secondary N) is 1. The smallest absolute Gasteiger partial charge is 0.255 e. The van der Waals surface area contributed by atoms with Gasteiger partial charge in [0.2, 0.25) is 0 Å². The zero-order chi connectivity index (χ0) is 17.1. The Morgan fingerprint density at radius 3 is 2.54 bits per heavy atom. The summed E-state index contributed by atoms with van der Waals surface area (Å²) < 4.78 is 10.9. The van der Waals surface area contributed by atoms with Gasteiger partial charge in [0.25, 0.3) is 5.91 Å². The third-order valence-corrected chi connectivity index (χ3v) is 4.39. The fourth-order valence-electron chi connectivity index (χ4n) is 2.90. The second-order valence-electron chi connectivity index (χ2n) is 6.02. The van der Waals surface area contributed by atoms with Gasteiger partial charge in [0, 0.05) is 31.4 Å². The first-order valence-electron chi connectivity index (χ1n) is 8.18. The number of ether oxygens (including phenoxy) is 1. The minimum Gasteiger partial charge on any atom is -0.466 e. The lowest BCUT2D eigenvalue weighted by Crippen LogP contribution is -2.36. The summed E-state index contributed by atoms with van der Waals surface area (Å²) in [6.07, 6.45) is 1.81. The molecule has 128 valence electrons. The predicted octanol–water partition coefficient (Wildman–Crippen LogP) is 2.37. The molecule has 2 aromatic heterocycles.